The monoisotopic (exact) mass is 418 g/mol. The number of aryl methyl sites for hydroxylation is 1. The SMILES string of the molecule is Cc1[nH]c(/C=C2/C(=O)NN=C2c2ccnnc2)c(C2CC2)c1CCCCNC1CCC1. The molecule has 31 heavy (non-hydrogen) atoms. The largest absolute Gasteiger partial charge is 0.359 e. The van der Waals surface area contributed by atoms with E-state index in [9.17, 15) is 4.79 Å². The molecule has 3 aliphatic rings. The molecule has 5 rings (SSSR count). The number of carbonyl (C=O) groups excluding carboxylic acids is 1. The van der Waals surface area contributed by atoms with Crippen LogP contribution in [0.1, 0.15) is 78.9 Å². The number of rotatable bonds is 9. The summed E-state index contributed by atoms with van der Waals surface area (Å²) in [5, 5.41) is 15.7. The smallest absolute Gasteiger partial charge is 0.273 e. The van der Waals surface area contributed by atoms with Gasteiger partial charge in [0, 0.05) is 23.0 Å². The Labute approximate surface area is 182 Å². The minimum Gasteiger partial charge on any atom is -0.359 e. The Morgan fingerprint density at radius 1 is 1.19 bits per heavy atom. The van der Waals surface area contributed by atoms with Gasteiger partial charge in [0.2, 0.25) is 0 Å². The molecule has 1 aliphatic heterocycles. The second-order valence-electron chi connectivity index (χ2n) is 8.96. The highest BCUT2D eigenvalue weighted by Crippen LogP contribution is 2.45. The van der Waals surface area contributed by atoms with Gasteiger partial charge in [0.25, 0.3) is 5.91 Å². The number of hydrazone groups is 1. The molecule has 3 heterocycles. The van der Waals surface area contributed by atoms with Gasteiger partial charge in [-0.25, -0.2) is 5.43 Å². The molecule has 0 aromatic carbocycles. The molecule has 1 amide bonds. The van der Waals surface area contributed by atoms with Gasteiger partial charge in [-0.3, -0.25) is 4.79 Å². The van der Waals surface area contributed by atoms with Crippen LogP contribution in [0.2, 0.25) is 0 Å². The summed E-state index contributed by atoms with van der Waals surface area (Å²) in [6.07, 6.45) is 15.2. The van der Waals surface area contributed by atoms with E-state index in [2.05, 4.69) is 37.9 Å². The molecule has 0 saturated heterocycles. The van der Waals surface area contributed by atoms with Gasteiger partial charge in [-0.1, -0.05) is 6.42 Å². The third kappa shape index (κ3) is 4.32. The maximum atomic E-state index is 12.5. The maximum Gasteiger partial charge on any atom is 0.273 e. The normalized spacial score (nSPS) is 20.1. The van der Waals surface area contributed by atoms with Gasteiger partial charge >= 0.3 is 0 Å². The number of aromatic amines is 1. The zero-order valence-electron chi connectivity index (χ0n) is 18.1. The molecular weight excluding hydrogens is 388 g/mol. The minimum absolute atomic E-state index is 0.176. The van der Waals surface area contributed by atoms with Gasteiger partial charge in [-0.2, -0.15) is 15.3 Å². The fraction of sp³-hybridized carbons (Fsp3) is 0.500. The molecule has 162 valence electrons. The van der Waals surface area contributed by atoms with Crippen LogP contribution in [-0.2, 0) is 11.2 Å². The Balaban J connectivity index is 1.35. The fourth-order valence-corrected chi connectivity index (χ4v) is 4.59. The number of unbranched alkanes of at least 4 members (excludes halogenated alkanes) is 1. The van der Waals surface area contributed by atoms with Crippen molar-refractivity contribution in [3.05, 3.63) is 52.1 Å². The van der Waals surface area contributed by atoms with E-state index in [0.29, 0.717) is 17.2 Å². The van der Waals surface area contributed by atoms with Gasteiger partial charge in [-0.15, -0.1) is 0 Å². The summed E-state index contributed by atoms with van der Waals surface area (Å²) in [6.45, 7) is 3.27. The van der Waals surface area contributed by atoms with Gasteiger partial charge in [0.1, 0.15) is 5.71 Å². The lowest BCUT2D eigenvalue weighted by atomic mass is 9.93. The number of nitrogens with one attached hydrogen (secondary N) is 3. The number of carbonyl (C=O) groups is 1. The highest BCUT2D eigenvalue weighted by Gasteiger charge is 2.32. The van der Waals surface area contributed by atoms with Gasteiger partial charge < -0.3 is 10.3 Å². The molecule has 0 radical (unpaired) electrons. The van der Waals surface area contributed by atoms with Crippen LogP contribution < -0.4 is 10.7 Å². The van der Waals surface area contributed by atoms with E-state index in [1.807, 2.05) is 12.1 Å². The number of amides is 1. The molecule has 0 unspecified atom stereocenters. The predicted octanol–water partition coefficient (Wildman–Crippen LogP) is 3.37. The first-order valence-electron chi connectivity index (χ1n) is 11.5. The van der Waals surface area contributed by atoms with Gasteiger partial charge in [-0.05, 0) is 87.6 Å². The first kappa shape index (κ1) is 20.1. The average molecular weight is 419 g/mol. The van der Waals surface area contributed by atoms with Crippen molar-refractivity contribution in [3.63, 3.8) is 0 Å². The summed E-state index contributed by atoms with van der Waals surface area (Å²) in [4.78, 5) is 16.1. The van der Waals surface area contributed by atoms with Crippen LogP contribution >= 0.6 is 0 Å². The topological polar surface area (TPSA) is 95.1 Å². The van der Waals surface area contributed by atoms with Crippen molar-refractivity contribution in [3.8, 4) is 0 Å². The van der Waals surface area contributed by atoms with Crippen LogP contribution in [0, 0.1) is 6.92 Å². The standard InChI is InChI=1S/C24H30N6O/c1-15-19(7-2-3-11-25-18-5-4-6-18)22(16-8-9-16)21(28-15)13-20-23(29-30-24(20)31)17-10-12-26-27-14-17/h10,12-14,16,18,25,28H,2-9,11H2,1H3,(H,30,31)/b20-13+. The van der Waals surface area contributed by atoms with E-state index in [0.717, 1.165) is 30.3 Å². The highest BCUT2D eigenvalue weighted by molar-refractivity contribution is 6.33. The van der Waals surface area contributed by atoms with Crippen LogP contribution in [-0.4, -0.2) is 39.4 Å². The lowest BCUT2D eigenvalue weighted by Crippen LogP contribution is -2.35. The molecule has 2 aromatic rings. The molecule has 0 atom stereocenters. The summed E-state index contributed by atoms with van der Waals surface area (Å²) < 4.78 is 0. The summed E-state index contributed by atoms with van der Waals surface area (Å²) >= 11 is 0. The predicted molar refractivity (Wildman–Crippen MR) is 121 cm³/mol. The van der Waals surface area contributed by atoms with Crippen molar-refractivity contribution in [1.82, 2.24) is 25.9 Å². The third-order valence-electron chi connectivity index (χ3n) is 6.68. The van der Waals surface area contributed by atoms with E-state index < -0.39 is 0 Å². The van der Waals surface area contributed by atoms with Gasteiger partial charge in [0.05, 0.1) is 18.0 Å². The molecule has 0 bridgehead atoms. The zero-order chi connectivity index (χ0) is 21.2. The van der Waals surface area contributed by atoms with Crippen molar-refractivity contribution >= 4 is 17.7 Å². The Morgan fingerprint density at radius 2 is 2.06 bits per heavy atom. The number of aromatic nitrogens is 3. The van der Waals surface area contributed by atoms with Gasteiger partial charge in [0.15, 0.2) is 0 Å². The third-order valence-corrected chi connectivity index (χ3v) is 6.68. The number of nitrogens with zero attached hydrogens (tertiary/aromatic N) is 3. The highest BCUT2D eigenvalue weighted by atomic mass is 16.2. The number of hydrogen-bond donors (Lipinski definition) is 3. The number of H-pyrrole nitrogens is 1. The van der Waals surface area contributed by atoms with Crippen LogP contribution in [0.25, 0.3) is 6.08 Å². The van der Waals surface area contributed by atoms with E-state index in [1.54, 1.807) is 12.4 Å². The lowest BCUT2D eigenvalue weighted by Gasteiger charge is -2.26. The minimum atomic E-state index is -0.176. The second kappa shape index (κ2) is 8.75. The molecule has 3 N–H and O–H groups in total. The molecule has 2 saturated carbocycles. The van der Waals surface area contributed by atoms with E-state index in [-0.39, 0.29) is 5.91 Å². The van der Waals surface area contributed by atoms with Crippen LogP contribution in [0.3, 0.4) is 0 Å². The Kier molecular flexibility index (Phi) is 5.68. The van der Waals surface area contributed by atoms with Crippen LogP contribution in [0.15, 0.2) is 29.1 Å². The molecule has 0 spiro atoms. The molecule has 7 nitrogen and oxygen atoms in total. The lowest BCUT2D eigenvalue weighted by molar-refractivity contribution is -0.116. The first-order chi connectivity index (χ1) is 15.2. The zero-order valence-corrected chi connectivity index (χ0v) is 18.1. The molecular formula is C24H30N6O. The summed E-state index contributed by atoms with van der Waals surface area (Å²) in [7, 11) is 0. The summed E-state index contributed by atoms with van der Waals surface area (Å²) in [6, 6.07) is 2.59. The van der Waals surface area contributed by atoms with Crippen LogP contribution in [0.5, 0.6) is 0 Å². The van der Waals surface area contributed by atoms with E-state index >= 15 is 0 Å². The Bertz CT molecular complexity index is 1010. The van der Waals surface area contributed by atoms with Crippen molar-refractivity contribution in [2.75, 3.05) is 6.54 Å². The second-order valence-corrected chi connectivity index (χ2v) is 8.96. The van der Waals surface area contributed by atoms with Crippen LogP contribution in [0.4, 0.5) is 0 Å². The Morgan fingerprint density at radius 3 is 2.77 bits per heavy atom. The fourth-order valence-electron chi connectivity index (χ4n) is 4.59. The van der Waals surface area contributed by atoms with E-state index in [4.69, 9.17) is 0 Å². The van der Waals surface area contributed by atoms with Crippen molar-refractivity contribution < 1.29 is 4.79 Å². The summed E-state index contributed by atoms with van der Waals surface area (Å²) in [5.41, 5.74) is 9.72. The van der Waals surface area contributed by atoms with Crippen molar-refractivity contribution in [2.45, 2.75) is 70.3 Å². The number of hydrogen-bond acceptors (Lipinski definition) is 5. The average Bonchev–Trinajstić information content (AvgIpc) is 3.45. The molecule has 7 heteroatoms. The molecule has 2 aliphatic carbocycles. The molecule has 2 fully saturated rings. The quantitative estimate of drug-likeness (QED) is 0.430. The van der Waals surface area contributed by atoms with Crippen molar-refractivity contribution in [2.24, 2.45) is 5.10 Å². The Hall–Kier alpha value is -2.80. The van der Waals surface area contributed by atoms with E-state index in [1.165, 1.54) is 61.8 Å². The first-order valence-corrected chi connectivity index (χ1v) is 11.5. The van der Waals surface area contributed by atoms with Crippen molar-refractivity contribution in [1.29, 1.82) is 0 Å². The molecule has 2 aromatic heterocycles. The summed E-state index contributed by atoms with van der Waals surface area (Å²) in [5.74, 6) is 0.428. The maximum absolute atomic E-state index is 12.5.